The van der Waals surface area contributed by atoms with E-state index in [0.29, 0.717) is 22.6 Å². The molecule has 0 atom stereocenters. The average Bonchev–Trinajstić information content (AvgIpc) is 3.07. The van der Waals surface area contributed by atoms with Crippen LogP contribution in [0.25, 0.3) is 10.2 Å². The van der Waals surface area contributed by atoms with Crippen LogP contribution in [0.5, 0.6) is 0 Å². The van der Waals surface area contributed by atoms with Gasteiger partial charge in [0.2, 0.25) is 0 Å². The number of rotatable bonds is 4. The zero-order valence-electron chi connectivity index (χ0n) is 13.7. The van der Waals surface area contributed by atoms with E-state index >= 15 is 0 Å². The van der Waals surface area contributed by atoms with Crippen LogP contribution < -0.4 is 4.80 Å². The van der Waals surface area contributed by atoms with E-state index in [1.807, 2.05) is 0 Å². The monoisotopic (exact) mass is 357 g/mol. The highest BCUT2D eigenvalue weighted by Gasteiger charge is 2.14. The molecule has 25 heavy (non-hydrogen) atoms. The molecule has 0 spiro atoms. The number of carbonyl (C=O) groups is 1. The standard InChI is InChI=1S/C16H15N5O3S/c1-4-7-20-12-9-11(21(23)24)5-6-14(12)25-16(20)17-15(22)13-8-10(2)18-19(13)3/h4-6,8-9H,1,7H2,2-3H3. The van der Waals surface area contributed by atoms with Crippen molar-refractivity contribution >= 4 is 33.1 Å². The highest BCUT2D eigenvalue weighted by atomic mass is 32.1. The number of carbonyl (C=O) groups excluding carboxylic acids is 1. The first-order valence-corrected chi connectivity index (χ1v) is 8.20. The van der Waals surface area contributed by atoms with E-state index in [-0.39, 0.29) is 5.69 Å². The van der Waals surface area contributed by atoms with Gasteiger partial charge in [-0.1, -0.05) is 17.4 Å². The van der Waals surface area contributed by atoms with E-state index in [4.69, 9.17) is 0 Å². The van der Waals surface area contributed by atoms with E-state index in [2.05, 4.69) is 16.7 Å². The number of benzene rings is 1. The van der Waals surface area contributed by atoms with Crippen molar-refractivity contribution in [3.63, 3.8) is 0 Å². The number of aryl methyl sites for hydroxylation is 2. The fraction of sp³-hybridized carbons (Fsp3) is 0.188. The van der Waals surface area contributed by atoms with E-state index in [1.54, 1.807) is 36.7 Å². The fourth-order valence-corrected chi connectivity index (χ4v) is 3.53. The Kier molecular flexibility index (Phi) is 4.32. The van der Waals surface area contributed by atoms with Crippen molar-refractivity contribution in [2.45, 2.75) is 13.5 Å². The Morgan fingerprint density at radius 3 is 2.84 bits per heavy atom. The molecule has 3 aromatic rings. The molecule has 0 unspecified atom stereocenters. The third-order valence-corrected chi connectivity index (χ3v) is 4.67. The van der Waals surface area contributed by atoms with Crippen LogP contribution in [0.3, 0.4) is 0 Å². The number of nitro groups is 1. The number of hydrogen-bond acceptors (Lipinski definition) is 5. The molecule has 0 N–H and O–H groups in total. The van der Waals surface area contributed by atoms with E-state index in [9.17, 15) is 14.9 Å². The summed E-state index contributed by atoms with van der Waals surface area (Å²) in [6.45, 7) is 5.89. The number of nitro benzene ring substituents is 1. The first kappa shape index (κ1) is 16.8. The smallest absolute Gasteiger partial charge is 0.297 e. The number of non-ortho nitro benzene ring substituents is 1. The number of thiazole rings is 1. The minimum absolute atomic E-state index is 0.0109. The molecule has 0 saturated carbocycles. The maximum absolute atomic E-state index is 12.5. The van der Waals surface area contributed by atoms with Gasteiger partial charge >= 0.3 is 0 Å². The molecule has 0 aliphatic heterocycles. The van der Waals surface area contributed by atoms with Gasteiger partial charge < -0.3 is 4.57 Å². The van der Waals surface area contributed by atoms with Gasteiger partial charge in [0.1, 0.15) is 5.69 Å². The molecule has 2 heterocycles. The van der Waals surface area contributed by atoms with Crippen LogP contribution in [-0.2, 0) is 13.6 Å². The predicted octanol–water partition coefficient (Wildman–Crippen LogP) is 2.58. The zero-order valence-corrected chi connectivity index (χ0v) is 14.5. The highest BCUT2D eigenvalue weighted by molar-refractivity contribution is 7.16. The molecule has 0 aliphatic carbocycles. The normalized spacial score (nSPS) is 11.8. The minimum Gasteiger partial charge on any atom is -0.312 e. The summed E-state index contributed by atoms with van der Waals surface area (Å²) in [7, 11) is 1.68. The first-order chi connectivity index (χ1) is 11.9. The summed E-state index contributed by atoms with van der Waals surface area (Å²) < 4.78 is 4.03. The first-order valence-electron chi connectivity index (χ1n) is 7.39. The van der Waals surface area contributed by atoms with Gasteiger partial charge in [-0.25, -0.2) is 0 Å². The van der Waals surface area contributed by atoms with E-state index in [0.717, 1.165) is 10.4 Å². The third kappa shape index (κ3) is 3.13. The summed E-state index contributed by atoms with van der Waals surface area (Å²) in [5, 5.41) is 15.2. The lowest BCUT2D eigenvalue weighted by Crippen LogP contribution is -2.17. The maximum Gasteiger partial charge on any atom is 0.297 e. The maximum atomic E-state index is 12.5. The minimum atomic E-state index is -0.449. The van der Waals surface area contributed by atoms with Crippen molar-refractivity contribution in [3.8, 4) is 0 Å². The van der Waals surface area contributed by atoms with Gasteiger partial charge in [-0.2, -0.15) is 10.1 Å². The summed E-state index contributed by atoms with van der Waals surface area (Å²) in [6.07, 6.45) is 1.66. The second-order valence-corrected chi connectivity index (χ2v) is 6.41. The van der Waals surface area contributed by atoms with Gasteiger partial charge in [-0.3, -0.25) is 19.6 Å². The van der Waals surface area contributed by atoms with Crippen molar-refractivity contribution in [3.05, 3.63) is 63.2 Å². The lowest BCUT2D eigenvalue weighted by molar-refractivity contribution is -0.384. The molecule has 1 amide bonds. The molecule has 128 valence electrons. The number of fused-ring (bicyclic) bond motifs is 1. The van der Waals surface area contributed by atoms with Crippen LogP contribution in [0.15, 0.2) is 41.9 Å². The Morgan fingerprint density at radius 2 is 2.24 bits per heavy atom. The lowest BCUT2D eigenvalue weighted by Gasteiger charge is -2.01. The van der Waals surface area contributed by atoms with E-state index in [1.165, 1.54) is 28.2 Å². The van der Waals surface area contributed by atoms with Gasteiger partial charge in [-0.05, 0) is 19.1 Å². The van der Waals surface area contributed by atoms with Gasteiger partial charge in [0, 0.05) is 25.7 Å². The Hall–Kier alpha value is -3.07. The quantitative estimate of drug-likeness (QED) is 0.407. The topological polar surface area (TPSA) is 95.3 Å². The lowest BCUT2D eigenvalue weighted by atomic mass is 10.3. The molecule has 3 rings (SSSR count). The number of amides is 1. The Balaban J connectivity index is 2.19. The van der Waals surface area contributed by atoms with Crippen molar-refractivity contribution in [1.29, 1.82) is 0 Å². The van der Waals surface area contributed by atoms with Crippen molar-refractivity contribution in [2.24, 2.45) is 12.0 Å². The van der Waals surface area contributed by atoms with Crippen LogP contribution in [0.1, 0.15) is 16.2 Å². The Labute approximate surface area is 146 Å². The van der Waals surface area contributed by atoms with E-state index < -0.39 is 10.8 Å². The Bertz CT molecular complexity index is 1070. The van der Waals surface area contributed by atoms with Crippen molar-refractivity contribution in [2.75, 3.05) is 0 Å². The molecule has 2 aromatic heterocycles. The number of allylic oxidation sites excluding steroid dienone is 1. The van der Waals surface area contributed by atoms with Gasteiger partial charge in [0.25, 0.3) is 11.6 Å². The van der Waals surface area contributed by atoms with Crippen LogP contribution in [-0.4, -0.2) is 25.2 Å². The van der Waals surface area contributed by atoms with Crippen LogP contribution in [0.2, 0.25) is 0 Å². The fourth-order valence-electron chi connectivity index (χ4n) is 2.52. The number of aromatic nitrogens is 3. The average molecular weight is 357 g/mol. The zero-order chi connectivity index (χ0) is 18.1. The molecular formula is C16H15N5O3S. The third-order valence-electron chi connectivity index (χ3n) is 3.61. The summed E-state index contributed by atoms with van der Waals surface area (Å²) in [5.74, 6) is -0.415. The summed E-state index contributed by atoms with van der Waals surface area (Å²) >= 11 is 1.30. The molecule has 1 aromatic carbocycles. The summed E-state index contributed by atoms with van der Waals surface area (Å²) in [4.78, 5) is 27.7. The Morgan fingerprint density at radius 1 is 1.48 bits per heavy atom. The largest absolute Gasteiger partial charge is 0.312 e. The number of hydrogen-bond donors (Lipinski definition) is 0. The molecule has 9 heteroatoms. The second kappa shape index (κ2) is 6.44. The molecule has 0 bridgehead atoms. The van der Waals surface area contributed by atoms with Gasteiger partial charge in [0.05, 0.1) is 20.8 Å². The van der Waals surface area contributed by atoms with Gasteiger partial charge in [0.15, 0.2) is 4.80 Å². The molecule has 0 saturated heterocycles. The molecule has 8 nitrogen and oxygen atoms in total. The summed E-state index contributed by atoms with van der Waals surface area (Å²) in [6, 6.07) is 6.25. The predicted molar refractivity (Wildman–Crippen MR) is 94.5 cm³/mol. The second-order valence-electron chi connectivity index (χ2n) is 5.40. The molecule has 0 aliphatic rings. The van der Waals surface area contributed by atoms with Crippen LogP contribution in [0, 0.1) is 17.0 Å². The van der Waals surface area contributed by atoms with Crippen LogP contribution >= 0.6 is 11.3 Å². The highest BCUT2D eigenvalue weighted by Crippen LogP contribution is 2.23. The summed E-state index contributed by atoms with van der Waals surface area (Å²) in [5.41, 5.74) is 1.74. The molecule has 0 fully saturated rings. The number of nitrogens with zero attached hydrogens (tertiary/aromatic N) is 5. The van der Waals surface area contributed by atoms with Crippen LogP contribution in [0.4, 0.5) is 5.69 Å². The molecular weight excluding hydrogens is 342 g/mol. The van der Waals surface area contributed by atoms with Crippen molar-refractivity contribution in [1.82, 2.24) is 14.3 Å². The van der Waals surface area contributed by atoms with Gasteiger partial charge in [-0.15, -0.1) is 6.58 Å². The molecule has 0 radical (unpaired) electrons. The van der Waals surface area contributed by atoms with Crippen molar-refractivity contribution < 1.29 is 9.72 Å². The SMILES string of the molecule is C=CCn1c(=NC(=O)c2cc(C)nn2C)sc2ccc([N+](=O)[O-])cc21.